The van der Waals surface area contributed by atoms with Crippen molar-refractivity contribution < 1.29 is 9.26 Å². The summed E-state index contributed by atoms with van der Waals surface area (Å²) in [5, 5.41) is 3.96. The number of nitrogens with zero attached hydrogens (tertiary/aromatic N) is 1. The molecule has 4 heteroatoms. The lowest BCUT2D eigenvalue weighted by Crippen LogP contribution is -2.12. The van der Waals surface area contributed by atoms with Crippen LogP contribution in [-0.4, -0.2) is 12.3 Å². The molecule has 3 nitrogen and oxygen atoms in total. The van der Waals surface area contributed by atoms with Crippen LogP contribution in [0.1, 0.15) is 32.0 Å². The van der Waals surface area contributed by atoms with Crippen LogP contribution in [0.4, 0.5) is 0 Å². The minimum atomic E-state index is 0.00769. The number of benzene rings is 1. The van der Waals surface area contributed by atoms with E-state index in [9.17, 15) is 0 Å². The molecule has 0 bridgehead atoms. The highest BCUT2D eigenvalue weighted by Crippen LogP contribution is 2.35. The van der Waals surface area contributed by atoms with Gasteiger partial charge in [-0.05, 0) is 23.6 Å². The molecule has 0 unspecified atom stereocenters. The van der Waals surface area contributed by atoms with Crippen LogP contribution in [0.5, 0.6) is 5.75 Å². The maximum absolute atomic E-state index is 5.43. The lowest BCUT2D eigenvalue weighted by molar-refractivity contribution is 0.397. The lowest BCUT2D eigenvalue weighted by Gasteiger charge is -2.22. The molecule has 0 spiro atoms. The van der Waals surface area contributed by atoms with Crippen molar-refractivity contribution in [3.8, 4) is 17.1 Å². The third-order valence-corrected chi connectivity index (χ3v) is 3.34. The van der Waals surface area contributed by atoms with Gasteiger partial charge >= 0.3 is 0 Å². The van der Waals surface area contributed by atoms with Crippen LogP contribution in [0.3, 0.4) is 0 Å². The van der Waals surface area contributed by atoms with Gasteiger partial charge < -0.3 is 9.26 Å². The van der Waals surface area contributed by atoms with Crippen LogP contribution in [-0.2, 0) is 11.2 Å². The Hall–Kier alpha value is -1.42. The summed E-state index contributed by atoms with van der Waals surface area (Å²) in [4.78, 5) is 0. The van der Waals surface area contributed by atoms with E-state index < -0.39 is 0 Å². The van der Waals surface area contributed by atoms with E-state index in [4.69, 9.17) is 9.26 Å². The molecule has 0 radical (unpaired) electrons. The molecule has 2 rings (SSSR count). The normalized spacial score (nSPS) is 11.6. The average molecular weight is 277 g/mol. The van der Waals surface area contributed by atoms with Crippen LogP contribution < -0.4 is 4.74 Å². The van der Waals surface area contributed by atoms with Crippen molar-refractivity contribution in [1.29, 1.82) is 0 Å². The van der Waals surface area contributed by atoms with Gasteiger partial charge in [-0.2, -0.15) is 12.6 Å². The average Bonchev–Trinajstić information content (AvgIpc) is 2.85. The highest BCUT2D eigenvalue weighted by molar-refractivity contribution is 7.79. The van der Waals surface area contributed by atoms with Crippen LogP contribution in [0.15, 0.2) is 28.8 Å². The number of aromatic nitrogens is 1. The Morgan fingerprint density at radius 2 is 2.00 bits per heavy atom. The van der Waals surface area contributed by atoms with E-state index in [1.165, 1.54) is 0 Å². The summed E-state index contributed by atoms with van der Waals surface area (Å²) in [7, 11) is 1.69. The first-order valence-corrected chi connectivity index (χ1v) is 6.84. The SMILES string of the molecule is COc1ccc(-c2cc(CS)no2)cc1C(C)(C)C. The summed E-state index contributed by atoms with van der Waals surface area (Å²) in [6, 6.07) is 7.97. The molecule has 0 aliphatic heterocycles. The number of hydrogen-bond acceptors (Lipinski definition) is 4. The third-order valence-electron chi connectivity index (χ3n) is 3.01. The van der Waals surface area contributed by atoms with E-state index in [-0.39, 0.29) is 5.41 Å². The van der Waals surface area contributed by atoms with Gasteiger partial charge in [0.25, 0.3) is 0 Å². The molecule has 0 aliphatic carbocycles. The molecule has 0 amide bonds. The van der Waals surface area contributed by atoms with Crippen molar-refractivity contribution in [2.24, 2.45) is 0 Å². The maximum Gasteiger partial charge on any atom is 0.167 e. The molecule has 2 aromatic rings. The van der Waals surface area contributed by atoms with E-state index in [2.05, 4.69) is 44.6 Å². The minimum absolute atomic E-state index is 0.00769. The van der Waals surface area contributed by atoms with Gasteiger partial charge in [-0.1, -0.05) is 25.9 Å². The summed E-state index contributed by atoms with van der Waals surface area (Å²) in [5.41, 5.74) is 3.00. The molecule has 0 atom stereocenters. The zero-order valence-corrected chi connectivity index (χ0v) is 12.6. The zero-order valence-electron chi connectivity index (χ0n) is 11.7. The van der Waals surface area contributed by atoms with Crippen molar-refractivity contribution >= 4 is 12.6 Å². The quantitative estimate of drug-likeness (QED) is 0.859. The Balaban J connectivity index is 2.48. The topological polar surface area (TPSA) is 35.3 Å². The third kappa shape index (κ3) is 2.95. The maximum atomic E-state index is 5.43. The molecule has 0 saturated carbocycles. The molecule has 19 heavy (non-hydrogen) atoms. The van der Waals surface area contributed by atoms with Crippen molar-refractivity contribution in [3.63, 3.8) is 0 Å². The van der Waals surface area contributed by atoms with Gasteiger partial charge in [0.05, 0.1) is 12.8 Å². The fourth-order valence-corrected chi connectivity index (χ4v) is 2.12. The Bertz CT molecular complexity index is 570. The number of ether oxygens (including phenoxy) is 1. The highest BCUT2D eigenvalue weighted by Gasteiger charge is 2.20. The Morgan fingerprint density at radius 1 is 1.26 bits per heavy atom. The van der Waals surface area contributed by atoms with Gasteiger partial charge in [0.2, 0.25) is 0 Å². The number of thiol groups is 1. The standard InChI is InChI=1S/C15H19NO2S/c1-15(2,3)12-7-10(5-6-13(12)17-4)14-8-11(9-19)16-18-14/h5-8,19H,9H2,1-4H3. The first-order valence-electron chi connectivity index (χ1n) is 6.21. The fraction of sp³-hybridized carbons (Fsp3) is 0.400. The van der Waals surface area contributed by atoms with E-state index in [0.29, 0.717) is 5.75 Å². The van der Waals surface area contributed by atoms with Crippen LogP contribution in [0, 0.1) is 0 Å². The van der Waals surface area contributed by atoms with Crippen molar-refractivity contribution in [1.82, 2.24) is 5.16 Å². The fourth-order valence-electron chi connectivity index (χ4n) is 1.97. The molecule has 1 aromatic carbocycles. The first kappa shape index (κ1) is 14.0. The van der Waals surface area contributed by atoms with Crippen molar-refractivity contribution in [2.75, 3.05) is 7.11 Å². The molecule has 0 fully saturated rings. The molecule has 0 N–H and O–H groups in total. The monoisotopic (exact) mass is 277 g/mol. The van der Waals surface area contributed by atoms with Crippen molar-refractivity contribution in [2.45, 2.75) is 31.9 Å². The smallest absolute Gasteiger partial charge is 0.167 e. The molecule has 0 saturated heterocycles. The largest absolute Gasteiger partial charge is 0.496 e. The predicted molar refractivity (Wildman–Crippen MR) is 79.9 cm³/mol. The second-order valence-corrected chi connectivity index (χ2v) is 5.82. The Labute approximate surface area is 119 Å². The van der Waals surface area contributed by atoms with Crippen LogP contribution in [0.25, 0.3) is 11.3 Å². The second kappa shape index (κ2) is 5.29. The van der Waals surface area contributed by atoms with E-state index in [0.717, 1.165) is 28.3 Å². The Kier molecular flexibility index (Phi) is 3.90. The summed E-state index contributed by atoms with van der Waals surface area (Å²) in [6.07, 6.45) is 0. The molecule has 1 aromatic heterocycles. The summed E-state index contributed by atoms with van der Waals surface area (Å²) in [6.45, 7) is 6.48. The van der Waals surface area contributed by atoms with Crippen LogP contribution in [0.2, 0.25) is 0 Å². The molecular formula is C15H19NO2S. The highest BCUT2D eigenvalue weighted by atomic mass is 32.1. The van der Waals surface area contributed by atoms with Gasteiger partial charge in [-0.3, -0.25) is 0 Å². The summed E-state index contributed by atoms with van der Waals surface area (Å²) < 4.78 is 10.8. The number of hydrogen-bond donors (Lipinski definition) is 1. The number of rotatable bonds is 3. The van der Waals surface area contributed by atoms with Gasteiger partial charge in [0, 0.05) is 22.9 Å². The zero-order chi connectivity index (χ0) is 14.0. The predicted octanol–water partition coefficient (Wildman–Crippen LogP) is 4.08. The van der Waals surface area contributed by atoms with Crippen molar-refractivity contribution in [3.05, 3.63) is 35.5 Å². The van der Waals surface area contributed by atoms with Gasteiger partial charge in [-0.15, -0.1) is 0 Å². The minimum Gasteiger partial charge on any atom is -0.496 e. The molecule has 1 heterocycles. The van der Waals surface area contributed by atoms with E-state index >= 15 is 0 Å². The molecule has 0 aliphatic rings. The second-order valence-electron chi connectivity index (χ2n) is 5.51. The number of methoxy groups -OCH3 is 1. The first-order chi connectivity index (χ1) is 8.95. The molecule has 102 valence electrons. The molecular weight excluding hydrogens is 258 g/mol. The van der Waals surface area contributed by atoms with Gasteiger partial charge in [0.15, 0.2) is 5.76 Å². The van der Waals surface area contributed by atoms with E-state index in [1.807, 2.05) is 18.2 Å². The summed E-state index contributed by atoms with van der Waals surface area (Å²) in [5.74, 6) is 2.23. The lowest BCUT2D eigenvalue weighted by atomic mass is 9.85. The van der Waals surface area contributed by atoms with Gasteiger partial charge in [0.1, 0.15) is 5.75 Å². The van der Waals surface area contributed by atoms with E-state index in [1.54, 1.807) is 7.11 Å². The summed E-state index contributed by atoms with van der Waals surface area (Å²) >= 11 is 4.19. The Morgan fingerprint density at radius 3 is 2.53 bits per heavy atom. The van der Waals surface area contributed by atoms with Gasteiger partial charge in [-0.25, -0.2) is 0 Å². The van der Waals surface area contributed by atoms with Crippen LogP contribution >= 0.6 is 12.6 Å².